The number of hydrogen-bond acceptors (Lipinski definition) is 2. The van der Waals surface area contributed by atoms with Crippen LogP contribution in [0.15, 0.2) is 18.2 Å². The van der Waals surface area contributed by atoms with Gasteiger partial charge in [0, 0.05) is 13.5 Å². The molecule has 1 heterocycles. The summed E-state index contributed by atoms with van der Waals surface area (Å²) >= 11 is 0. The minimum absolute atomic E-state index is 0.0255. The van der Waals surface area contributed by atoms with Gasteiger partial charge in [-0.2, -0.15) is 0 Å². The number of likely N-dealkylation sites (N-methyl/N-ethyl adjacent to an activating group) is 1. The number of halogens is 1. The van der Waals surface area contributed by atoms with Gasteiger partial charge in [-0.3, -0.25) is 9.59 Å². The number of nitrogens with one attached hydrogen (secondary N) is 1. The van der Waals surface area contributed by atoms with Gasteiger partial charge in [-0.15, -0.1) is 0 Å². The van der Waals surface area contributed by atoms with Gasteiger partial charge in [0.1, 0.15) is 11.9 Å². The van der Waals surface area contributed by atoms with Crippen LogP contribution in [-0.4, -0.2) is 29.8 Å². The van der Waals surface area contributed by atoms with Crippen LogP contribution in [0.1, 0.15) is 49.3 Å². The maximum atomic E-state index is 13.3. The Hall–Kier alpha value is -1.91. The van der Waals surface area contributed by atoms with E-state index in [2.05, 4.69) is 5.32 Å². The van der Waals surface area contributed by atoms with E-state index in [1.165, 1.54) is 6.07 Å². The number of carbonyl (C=O) groups is 2. The van der Waals surface area contributed by atoms with Crippen LogP contribution in [0.3, 0.4) is 0 Å². The lowest BCUT2D eigenvalue weighted by Gasteiger charge is -2.34. The second-order valence-electron chi connectivity index (χ2n) is 6.21. The van der Waals surface area contributed by atoms with E-state index in [-0.39, 0.29) is 29.7 Å². The maximum Gasteiger partial charge on any atom is 0.243 e. The van der Waals surface area contributed by atoms with E-state index in [9.17, 15) is 14.0 Å². The van der Waals surface area contributed by atoms with Crippen molar-refractivity contribution in [3.05, 3.63) is 35.1 Å². The second-order valence-corrected chi connectivity index (χ2v) is 6.21. The first-order chi connectivity index (χ1) is 10.6. The largest absolute Gasteiger partial charge is 0.347 e. The van der Waals surface area contributed by atoms with Crippen molar-refractivity contribution in [2.45, 2.75) is 50.6 Å². The summed E-state index contributed by atoms with van der Waals surface area (Å²) in [4.78, 5) is 25.8. The average molecular weight is 304 g/mol. The molecule has 1 aromatic carbocycles. The van der Waals surface area contributed by atoms with Gasteiger partial charge >= 0.3 is 0 Å². The van der Waals surface area contributed by atoms with E-state index in [4.69, 9.17) is 0 Å². The van der Waals surface area contributed by atoms with Gasteiger partial charge in [0.05, 0.1) is 6.04 Å². The molecule has 22 heavy (non-hydrogen) atoms. The normalized spacial score (nSPS) is 24.8. The number of likely N-dealkylation sites (tertiary alicyclic amines) is 1. The molecule has 1 aromatic rings. The van der Waals surface area contributed by atoms with Crippen LogP contribution in [0, 0.1) is 5.82 Å². The molecular formula is C17H21FN2O2. The number of nitrogens with zero attached hydrogens (tertiary/aromatic N) is 1. The van der Waals surface area contributed by atoms with E-state index >= 15 is 0 Å². The Morgan fingerprint density at radius 1 is 1.27 bits per heavy atom. The van der Waals surface area contributed by atoms with E-state index in [0.717, 1.165) is 36.8 Å². The molecule has 0 radical (unpaired) electrons. The van der Waals surface area contributed by atoms with Crippen molar-refractivity contribution in [3.63, 3.8) is 0 Å². The molecule has 2 atom stereocenters. The molecule has 1 N–H and O–H groups in total. The molecule has 2 amide bonds. The third kappa shape index (κ3) is 2.85. The third-order valence-electron chi connectivity index (χ3n) is 4.77. The molecule has 1 aliphatic heterocycles. The zero-order valence-electron chi connectivity index (χ0n) is 12.8. The number of aryl methyl sites for hydroxylation is 1. The van der Waals surface area contributed by atoms with Crippen molar-refractivity contribution >= 4 is 11.8 Å². The van der Waals surface area contributed by atoms with Crippen LogP contribution >= 0.6 is 0 Å². The first-order valence-corrected chi connectivity index (χ1v) is 7.90. The smallest absolute Gasteiger partial charge is 0.243 e. The highest BCUT2D eigenvalue weighted by Gasteiger charge is 2.32. The summed E-state index contributed by atoms with van der Waals surface area (Å²) in [7, 11) is 1.69. The van der Waals surface area contributed by atoms with E-state index < -0.39 is 0 Å². The number of rotatable bonds is 2. The van der Waals surface area contributed by atoms with Crippen molar-refractivity contribution in [2.75, 3.05) is 7.05 Å². The maximum absolute atomic E-state index is 13.3. The molecular weight excluding hydrogens is 283 g/mol. The fraction of sp³-hybridized carbons (Fsp3) is 0.529. The predicted molar refractivity (Wildman–Crippen MR) is 80.6 cm³/mol. The SMILES string of the molecule is CN1C(=O)CCCC1C(=O)N[C@H]1CCCc2cc(F)ccc21. The zero-order valence-corrected chi connectivity index (χ0v) is 12.8. The summed E-state index contributed by atoms with van der Waals surface area (Å²) in [5.41, 5.74) is 1.98. The molecule has 0 saturated carbocycles. The number of piperidine rings is 1. The van der Waals surface area contributed by atoms with Gasteiger partial charge < -0.3 is 10.2 Å². The Morgan fingerprint density at radius 2 is 2.05 bits per heavy atom. The summed E-state index contributed by atoms with van der Waals surface area (Å²) in [5, 5.41) is 3.06. The van der Waals surface area contributed by atoms with Crippen molar-refractivity contribution in [3.8, 4) is 0 Å². The molecule has 118 valence electrons. The van der Waals surface area contributed by atoms with Crippen LogP contribution in [0.5, 0.6) is 0 Å². The van der Waals surface area contributed by atoms with Crippen molar-refractivity contribution in [2.24, 2.45) is 0 Å². The highest BCUT2D eigenvalue weighted by molar-refractivity contribution is 5.88. The summed E-state index contributed by atoms with van der Waals surface area (Å²) in [6, 6.07) is 4.31. The Balaban J connectivity index is 1.74. The van der Waals surface area contributed by atoms with Gasteiger partial charge in [0.15, 0.2) is 0 Å². The Bertz CT molecular complexity index is 602. The van der Waals surface area contributed by atoms with Gasteiger partial charge in [0.25, 0.3) is 0 Å². The number of hydrogen-bond donors (Lipinski definition) is 1. The summed E-state index contributed by atoms with van der Waals surface area (Å²) < 4.78 is 13.3. The molecule has 1 unspecified atom stereocenters. The van der Waals surface area contributed by atoms with Crippen LogP contribution < -0.4 is 5.32 Å². The Labute approximate surface area is 129 Å². The van der Waals surface area contributed by atoms with Gasteiger partial charge in [-0.05, 0) is 55.4 Å². The van der Waals surface area contributed by atoms with E-state index in [1.807, 2.05) is 0 Å². The molecule has 0 bridgehead atoms. The highest BCUT2D eigenvalue weighted by atomic mass is 19.1. The van der Waals surface area contributed by atoms with Crippen molar-refractivity contribution < 1.29 is 14.0 Å². The quantitative estimate of drug-likeness (QED) is 0.911. The summed E-state index contributed by atoms with van der Waals surface area (Å²) in [6.45, 7) is 0. The minimum atomic E-state index is -0.382. The van der Waals surface area contributed by atoms with Crippen LogP contribution in [-0.2, 0) is 16.0 Å². The lowest BCUT2D eigenvalue weighted by Crippen LogP contribution is -2.50. The number of fused-ring (bicyclic) bond motifs is 1. The standard InChI is InChI=1S/C17H21FN2O2/c1-20-15(6-3-7-16(20)21)17(22)19-14-5-2-4-11-10-12(18)8-9-13(11)14/h8-10,14-15H,2-7H2,1H3,(H,19,22)/t14-,15?/m0/s1. The number of carbonyl (C=O) groups excluding carboxylic acids is 2. The van der Waals surface area contributed by atoms with Gasteiger partial charge in [-0.25, -0.2) is 4.39 Å². The molecule has 0 aromatic heterocycles. The lowest BCUT2D eigenvalue weighted by molar-refractivity contribution is -0.142. The monoisotopic (exact) mass is 304 g/mol. The fourth-order valence-electron chi connectivity index (χ4n) is 3.50. The molecule has 5 heteroatoms. The number of benzene rings is 1. The molecule has 3 rings (SSSR count). The molecule has 1 aliphatic carbocycles. The fourth-order valence-corrected chi connectivity index (χ4v) is 3.50. The average Bonchev–Trinajstić information content (AvgIpc) is 2.50. The Kier molecular flexibility index (Phi) is 4.14. The predicted octanol–water partition coefficient (Wildman–Crippen LogP) is 2.33. The van der Waals surface area contributed by atoms with Gasteiger partial charge in [0.2, 0.25) is 11.8 Å². The Morgan fingerprint density at radius 3 is 2.86 bits per heavy atom. The third-order valence-corrected chi connectivity index (χ3v) is 4.77. The first kappa shape index (κ1) is 15.0. The summed E-state index contributed by atoms with van der Waals surface area (Å²) in [5.74, 6) is -0.307. The highest BCUT2D eigenvalue weighted by Crippen LogP contribution is 2.30. The molecule has 1 fully saturated rings. The van der Waals surface area contributed by atoms with E-state index in [0.29, 0.717) is 12.8 Å². The van der Waals surface area contributed by atoms with Gasteiger partial charge in [-0.1, -0.05) is 6.07 Å². The minimum Gasteiger partial charge on any atom is -0.347 e. The lowest BCUT2D eigenvalue weighted by atomic mass is 9.87. The zero-order chi connectivity index (χ0) is 15.7. The number of amides is 2. The van der Waals surface area contributed by atoms with Crippen molar-refractivity contribution in [1.29, 1.82) is 0 Å². The molecule has 1 saturated heterocycles. The molecule has 2 aliphatic rings. The topological polar surface area (TPSA) is 49.4 Å². The summed E-state index contributed by atoms with van der Waals surface area (Å²) in [6.07, 6.45) is 4.62. The van der Waals surface area contributed by atoms with Crippen LogP contribution in [0.4, 0.5) is 4.39 Å². The van der Waals surface area contributed by atoms with Crippen molar-refractivity contribution in [1.82, 2.24) is 10.2 Å². The molecule has 4 nitrogen and oxygen atoms in total. The van der Waals surface area contributed by atoms with Crippen LogP contribution in [0.25, 0.3) is 0 Å². The molecule has 0 spiro atoms. The second kappa shape index (κ2) is 6.07. The van der Waals surface area contributed by atoms with E-state index in [1.54, 1.807) is 24.1 Å². The first-order valence-electron chi connectivity index (χ1n) is 7.90. The van der Waals surface area contributed by atoms with Crippen LogP contribution in [0.2, 0.25) is 0 Å².